The van der Waals surface area contributed by atoms with Crippen molar-refractivity contribution in [1.29, 1.82) is 0 Å². The van der Waals surface area contributed by atoms with Gasteiger partial charge in [-0.1, -0.05) is 17.7 Å². The van der Waals surface area contributed by atoms with Crippen LogP contribution in [0.1, 0.15) is 31.7 Å². The largest absolute Gasteiger partial charge is 0.342 e. The van der Waals surface area contributed by atoms with Crippen LogP contribution in [0.3, 0.4) is 0 Å². The third kappa shape index (κ3) is 3.94. The van der Waals surface area contributed by atoms with Gasteiger partial charge in [-0.25, -0.2) is 0 Å². The monoisotopic (exact) mass is 346 g/mol. The molecule has 2 heterocycles. The molecule has 2 amide bonds. The number of hydrogen-bond acceptors (Lipinski definition) is 3. The van der Waals surface area contributed by atoms with E-state index in [1.54, 1.807) is 4.90 Å². The quantitative estimate of drug-likeness (QED) is 0.842. The number of aryl methyl sites for hydroxylation is 1. The van der Waals surface area contributed by atoms with E-state index in [-0.39, 0.29) is 17.7 Å². The topological polar surface area (TPSA) is 40.6 Å². The van der Waals surface area contributed by atoms with Crippen molar-refractivity contribution in [3.63, 3.8) is 0 Å². The first-order chi connectivity index (χ1) is 11.6. The van der Waals surface area contributed by atoms with E-state index in [1.165, 1.54) is 10.5 Å². The van der Waals surface area contributed by atoms with Crippen LogP contribution in [0.5, 0.6) is 0 Å². The molecule has 4 nitrogen and oxygen atoms in total. The Hall–Kier alpha value is -1.49. The number of benzene rings is 1. The average molecular weight is 346 g/mol. The Kier molecular flexibility index (Phi) is 5.49. The van der Waals surface area contributed by atoms with Gasteiger partial charge in [0.1, 0.15) is 0 Å². The molecule has 0 aromatic heterocycles. The van der Waals surface area contributed by atoms with Gasteiger partial charge in [0.25, 0.3) is 0 Å². The van der Waals surface area contributed by atoms with Gasteiger partial charge in [0.2, 0.25) is 11.8 Å². The summed E-state index contributed by atoms with van der Waals surface area (Å²) in [5.41, 5.74) is 1.29. The standard InChI is InChI=1S/C19H26N2O2S/c1-3-20-13-15(12-18(20)22)19(23)21-9-7-16(8-10-21)24-17-6-4-5-14(2)11-17/h4-6,11,15-16H,3,7-10,12-13H2,1-2H3/t15-/m0/s1. The molecule has 1 aromatic carbocycles. The fraction of sp³-hybridized carbons (Fsp3) is 0.579. The molecule has 0 radical (unpaired) electrons. The van der Waals surface area contributed by atoms with E-state index in [1.807, 2.05) is 23.6 Å². The second-order valence-corrected chi connectivity index (χ2v) is 8.17. The second kappa shape index (κ2) is 7.60. The van der Waals surface area contributed by atoms with Crippen molar-refractivity contribution >= 4 is 23.6 Å². The molecule has 0 unspecified atom stereocenters. The highest BCUT2D eigenvalue weighted by Gasteiger charge is 2.36. The van der Waals surface area contributed by atoms with Crippen molar-refractivity contribution in [1.82, 2.24) is 9.80 Å². The van der Waals surface area contributed by atoms with Crippen LogP contribution in [0.15, 0.2) is 29.2 Å². The third-order valence-corrected chi connectivity index (χ3v) is 6.32. The average Bonchev–Trinajstić information content (AvgIpc) is 2.96. The van der Waals surface area contributed by atoms with Crippen LogP contribution in [-0.4, -0.2) is 53.0 Å². The van der Waals surface area contributed by atoms with Gasteiger partial charge in [-0.15, -0.1) is 11.8 Å². The van der Waals surface area contributed by atoms with E-state index in [9.17, 15) is 9.59 Å². The van der Waals surface area contributed by atoms with Gasteiger partial charge >= 0.3 is 0 Å². The zero-order chi connectivity index (χ0) is 17.1. The molecule has 0 aliphatic carbocycles. The normalized spacial score (nSPS) is 22.2. The van der Waals surface area contributed by atoms with Gasteiger partial charge in [-0.2, -0.15) is 0 Å². The maximum atomic E-state index is 12.7. The van der Waals surface area contributed by atoms with Crippen LogP contribution in [0.25, 0.3) is 0 Å². The molecule has 0 saturated carbocycles. The van der Waals surface area contributed by atoms with Crippen LogP contribution >= 0.6 is 11.8 Å². The Morgan fingerprint density at radius 2 is 2.04 bits per heavy atom. The van der Waals surface area contributed by atoms with Gasteiger partial charge in [-0.3, -0.25) is 9.59 Å². The lowest BCUT2D eigenvalue weighted by atomic mass is 10.0. The minimum Gasteiger partial charge on any atom is -0.342 e. The summed E-state index contributed by atoms with van der Waals surface area (Å²) in [7, 11) is 0. The number of carbonyl (C=O) groups is 2. The van der Waals surface area contributed by atoms with Crippen LogP contribution in [0, 0.1) is 12.8 Å². The summed E-state index contributed by atoms with van der Waals surface area (Å²) in [5.74, 6) is 0.178. The Morgan fingerprint density at radius 1 is 1.29 bits per heavy atom. The SMILES string of the molecule is CCN1C[C@@H](C(=O)N2CCC(Sc3cccc(C)c3)CC2)CC1=O. The van der Waals surface area contributed by atoms with E-state index < -0.39 is 0 Å². The molecule has 0 spiro atoms. The van der Waals surface area contributed by atoms with E-state index in [2.05, 4.69) is 31.2 Å². The minimum absolute atomic E-state index is 0.126. The van der Waals surface area contributed by atoms with E-state index in [0.717, 1.165) is 25.9 Å². The predicted molar refractivity (Wildman–Crippen MR) is 97.0 cm³/mol. The smallest absolute Gasteiger partial charge is 0.227 e. The van der Waals surface area contributed by atoms with Crippen molar-refractivity contribution < 1.29 is 9.59 Å². The molecule has 0 bridgehead atoms. The molecule has 24 heavy (non-hydrogen) atoms. The number of rotatable bonds is 4. The zero-order valence-electron chi connectivity index (χ0n) is 14.5. The highest BCUT2D eigenvalue weighted by atomic mass is 32.2. The van der Waals surface area contributed by atoms with E-state index >= 15 is 0 Å². The Balaban J connectivity index is 1.50. The molecule has 1 atom stereocenters. The van der Waals surface area contributed by atoms with Crippen molar-refractivity contribution in [3.8, 4) is 0 Å². The van der Waals surface area contributed by atoms with Crippen LogP contribution in [0.2, 0.25) is 0 Å². The van der Waals surface area contributed by atoms with Crippen molar-refractivity contribution in [2.75, 3.05) is 26.2 Å². The van der Waals surface area contributed by atoms with Crippen molar-refractivity contribution in [3.05, 3.63) is 29.8 Å². The van der Waals surface area contributed by atoms with Crippen molar-refractivity contribution in [2.45, 2.75) is 43.3 Å². The van der Waals surface area contributed by atoms with Gasteiger partial charge in [-0.05, 0) is 38.8 Å². The first-order valence-electron chi connectivity index (χ1n) is 8.86. The molecule has 2 saturated heterocycles. The number of hydrogen-bond donors (Lipinski definition) is 0. The molecule has 0 N–H and O–H groups in total. The molecule has 2 aliphatic heterocycles. The summed E-state index contributed by atoms with van der Waals surface area (Å²) in [4.78, 5) is 29.6. The summed E-state index contributed by atoms with van der Waals surface area (Å²) in [6.45, 7) is 7.04. The molecule has 5 heteroatoms. The van der Waals surface area contributed by atoms with Gasteiger partial charge in [0.15, 0.2) is 0 Å². The fourth-order valence-electron chi connectivity index (χ4n) is 3.58. The minimum atomic E-state index is -0.126. The predicted octanol–water partition coefficient (Wildman–Crippen LogP) is 2.95. The molecule has 3 rings (SSSR count). The summed E-state index contributed by atoms with van der Waals surface area (Å²) >= 11 is 1.93. The molecule has 130 valence electrons. The Bertz CT molecular complexity index is 611. The number of nitrogens with zero attached hydrogens (tertiary/aromatic N) is 2. The van der Waals surface area contributed by atoms with E-state index in [4.69, 9.17) is 0 Å². The number of likely N-dealkylation sites (tertiary alicyclic amines) is 2. The third-order valence-electron chi connectivity index (χ3n) is 4.99. The first-order valence-corrected chi connectivity index (χ1v) is 9.74. The summed E-state index contributed by atoms with van der Waals surface area (Å²) in [5, 5.41) is 0.577. The number of thioether (sulfide) groups is 1. The summed E-state index contributed by atoms with van der Waals surface area (Å²) in [6, 6.07) is 8.62. The maximum absolute atomic E-state index is 12.7. The Labute approximate surface area is 148 Å². The molecular formula is C19H26N2O2S. The van der Waals surface area contributed by atoms with Crippen LogP contribution < -0.4 is 0 Å². The molecule has 2 fully saturated rings. The van der Waals surface area contributed by atoms with E-state index in [0.29, 0.717) is 24.8 Å². The summed E-state index contributed by atoms with van der Waals surface area (Å²) in [6.07, 6.45) is 2.45. The van der Waals surface area contributed by atoms with Crippen LogP contribution in [-0.2, 0) is 9.59 Å². The molecule has 2 aliphatic rings. The zero-order valence-corrected chi connectivity index (χ0v) is 15.3. The molecular weight excluding hydrogens is 320 g/mol. The lowest BCUT2D eigenvalue weighted by molar-refractivity contribution is -0.136. The lowest BCUT2D eigenvalue weighted by Gasteiger charge is -2.33. The van der Waals surface area contributed by atoms with Gasteiger partial charge < -0.3 is 9.80 Å². The second-order valence-electron chi connectivity index (χ2n) is 6.79. The maximum Gasteiger partial charge on any atom is 0.227 e. The summed E-state index contributed by atoms with van der Waals surface area (Å²) < 4.78 is 0. The molecule has 1 aromatic rings. The van der Waals surface area contributed by atoms with Gasteiger partial charge in [0, 0.05) is 42.7 Å². The lowest BCUT2D eigenvalue weighted by Crippen LogP contribution is -2.43. The van der Waals surface area contributed by atoms with Crippen molar-refractivity contribution in [2.24, 2.45) is 5.92 Å². The number of piperidine rings is 1. The first kappa shape index (κ1) is 17.3. The number of carbonyl (C=O) groups excluding carboxylic acids is 2. The number of amides is 2. The highest BCUT2D eigenvalue weighted by Crippen LogP contribution is 2.31. The van der Waals surface area contributed by atoms with Gasteiger partial charge in [0.05, 0.1) is 5.92 Å². The highest BCUT2D eigenvalue weighted by molar-refractivity contribution is 8.00. The Morgan fingerprint density at radius 3 is 2.67 bits per heavy atom. The van der Waals surface area contributed by atoms with Crippen LogP contribution in [0.4, 0.5) is 0 Å². The fourth-order valence-corrected chi connectivity index (χ4v) is 4.82.